The van der Waals surface area contributed by atoms with Crippen LogP contribution >= 0.6 is 0 Å². The smallest absolute Gasteiger partial charge is 0.320 e. The number of carboxylic acid groups (broad SMARTS) is 1. The first kappa shape index (κ1) is 18.9. The van der Waals surface area contributed by atoms with Gasteiger partial charge >= 0.3 is 5.97 Å². The number of carbonyl (C=O) groups excluding carboxylic acids is 1. The van der Waals surface area contributed by atoms with Crippen molar-refractivity contribution in [3.63, 3.8) is 0 Å². The summed E-state index contributed by atoms with van der Waals surface area (Å²) < 4.78 is 0. The van der Waals surface area contributed by atoms with Crippen molar-refractivity contribution in [3.05, 3.63) is 0 Å². The normalized spacial score (nSPS) is 14.3. The standard InChI is InChI=1S/C15H30N2O3/c1-10(2)12(5)14(18)16-9-7-6-8-13(15(19)20)17-11(3)4/h10-13,17H,6-9H2,1-5H3,(H,16,18)(H,19,20). The minimum absolute atomic E-state index is 0.0179. The lowest BCUT2D eigenvalue weighted by molar-refractivity contribution is -0.140. The van der Waals surface area contributed by atoms with E-state index in [1.165, 1.54) is 0 Å². The molecule has 5 nitrogen and oxygen atoms in total. The Bertz CT molecular complexity index is 303. The van der Waals surface area contributed by atoms with Crippen molar-refractivity contribution in [2.24, 2.45) is 11.8 Å². The summed E-state index contributed by atoms with van der Waals surface area (Å²) in [6.07, 6.45) is 2.18. The van der Waals surface area contributed by atoms with Crippen molar-refractivity contribution in [1.29, 1.82) is 0 Å². The molecule has 0 fully saturated rings. The van der Waals surface area contributed by atoms with Crippen molar-refractivity contribution >= 4 is 11.9 Å². The fourth-order valence-electron chi connectivity index (χ4n) is 1.83. The highest BCUT2D eigenvalue weighted by Crippen LogP contribution is 2.09. The molecule has 0 aromatic rings. The Morgan fingerprint density at radius 3 is 2.10 bits per heavy atom. The minimum Gasteiger partial charge on any atom is -0.480 e. The lowest BCUT2D eigenvalue weighted by Gasteiger charge is -2.17. The maximum atomic E-state index is 11.7. The number of unbranched alkanes of at least 4 members (excludes halogenated alkanes) is 1. The van der Waals surface area contributed by atoms with Gasteiger partial charge in [0, 0.05) is 18.5 Å². The summed E-state index contributed by atoms with van der Waals surface area (Å²) in [4.78, 5) is 22.8. The van der Waals surface area contributed by atoms with Gasteiger partial charge in [-0.25, -0.2) is 0 Å². The fourth-order valence-corrected chi connectivity index (χ4v) is 1.83. The van der Waals surface area contributed by atoms with E-state index in [1.807, 2.05) is 34.6 Å². The number of aliphatic carboxylic acids is 1. The van der Waals surface area contributed by atoms with Crippen LogP contribution in [0.4, 0.5) is 0 Å². The molecule has 0 radical (unpaired) electrons. The molecule has 0 bridgehead atoms. The number of hydrogen-bond acceptors (Lipinski definition) is 3. The van der Waals surface area contributed by atoms with E-state index in [2.05, 4.69) is 10.6 Å². The van der Waals surface area contributed by atoms with Gasteiger partial charge in [0.1, 0.15) is 6.04 Å². The van der Waals surface area contributed by atoms with Crippen molar-refractivity contribution in [3.8, 4) is 0 Å². The van der Waals surface area contributed by atoms with Crippen LogP contribution in [0.1, 0.15) is 53.9 Å². The zero-order chi connectivity index (χ0) is 15.7. The van der Waals surface area contributed by atoms with Crippen LogP contribution < -0.4 is 10.6 Å². The Morgan fingerprint density at radius 2 is 1.65 bits per heavy atom. The lowest BCUT2D eigenvalue weighted by Crippen LogP contribution is -2.40. The molecular formula is C15H30N2O3. The maximum absolute atomic E-state index is 11.7. The second-order valence-electron chi connectivity index (χ2n) is 6.03. The van der Waals surface area contributed by atoms with Gasteiger partial charge in [0.25, 0.3) is 0 Å². The average Bonchev–Trinajstić information content (AvgIpc) is 2.34. The molecule has 5 heteroatoms. The van der Waals surface area contributed by atoms with Crippen molar-refractivity contribution in [1.82, 2.24) is 10.6 Å². The minimum atomic E-state index is -0.809. The zero-order valence-electron chi connectivity index (χ0n) is 13.4. The SMILES string of the molecule is CC(C)NC(CCCCNC(=O)C(C)C(C)C)C(=O)O. The van der Waals surface area contributed by atoms with Gasteiger partial charge in [-0.3, -0.25) is 9.59 Å². The lowest BCUT2D eigenvalue weighted by atomic mass is 9.97. The van der Waals surface area contributed by atoms with E-state index in [4.69, 9.17) is 5.11 Å². The number of carboxylic acids is 1. The molecule has 20 heavy (non-hydrogen) atoms. The highest BCUT2D eigenvalue weighted by molar-refractivity contribution is 5.78. The van der Waals surface area contributed by atoms with E-state index in [-0.39, 0.29) is 17.9 Å². The molecule has 0 rings (SSSR count). The van der Waals surface area contributed by atoms with Crippen LogP contribution in [0.25, 0.3) is 0 Å². The number of amides is 1. The Morgan fingerprint density at radius 1 is 1.05 bits per heavy atom. The molecule has 0 aliphatic rings. The molecule has 0 spiro atoms. The monoisotopic (exact) mass is 286 g/mol. The molecule has 0 aromatic carbocycles. The Kier molecular flexibility index (Phi) is 9.21. The van der Waals surface area contributed by atoms with Crippen LogP contribution in [0, 0.1) is 11.8 Å². The van der Waals surface area contributed by atoms with E-state index in [9.17, 15) is 9.59 Å². The van der Waals surface area contributed by atoms with Crippen LogP contribution in [0.5, 0.6) is 0 Å². The van der Waals surface area contributed by atoms with Gasteiger partial charge in [0.15, 0.2) is 0 Å². The maximum Gasteiger partial charge on any atom is 0.320 e. The summed E-state index contributed by atoms with van der Waals surface area (Å²) in [5, 5.41) is 15.0. The van der Waals surface area contributed by atoms with Crippen LogP contribution in [-0.4, -0.2) is 35.6 Å². The predicted octanol–water partition coefficient (Wildman–Crippen LogP) is 2.02. The quantitative estimate of drug-likeness (QED) is 0.537. The van der Waals surface area contributed by atoms with E-state index < -0.39 is 12.0 Å². The molecule has 0 saturated heterocycles. The summed E-state index contributed by atoms with van der Waals surface area (Å²) in [5.41, 5.74) is 0. The number of hydrogen-bond donors (Lipinski definition) is 3. The molecule has 3 N–H and O–H groups in total. The molecule has 1 amide bonds. The van der Waals surface area contributed by atoms with E-state index in [1.54, 1.807) is 0 Å². The molecular weight excluding hydrogens is 256 g/mol. The van der Waals surface area contributed by atoms with Crippen LogP contribution in [0.2, 0.25) is 0 Å². The largest absolute Gasteiger partial charge is 0.480 e. The first-order valence-electron chi connectivity index (χ1n) is 7.52. The molecule has 0 aliphatic carbocycles. The van der Waals surface area contributed by atoms with Gasteiger partial charge in [-0.2, -0.15) is 0 Å². The number of nitrogens with one attached hydrogen (secondary N) is 2. The van der Waals surface area contributed by atoms with E-state index in [0.29, 0.717) is 18.9 Å². The van der Waals surface area contributed by atoms with Gasteiger partial charge in [-0.15, -0.1) is 0 Å². The van der Waals surface area contributed by atoms with Crippen molar-refractivity contribution in [2.75, 3.05) is 6.54 Å². The number of carbonyl (C=O) groups is 2. The molecule has 118 valence electrons. The van der Waals surface area contributed by atoms with Gasteiger partial charge in [-0.1, -0.05) is 34.6 Å². The summed E-state index contributed by atoms with van der Waals surface area (Å²) in [6.45, 7) is 10.5. The van der Waals surface area contributed by atoms with Gasteiger partial charge in [0.2, 0.25) is 5.91 Å². The molecule has 2 unspecified atom stereocenters. The second kappa shape index (κ2) is 9.75. The van der Waals surface area contributed by atoms with Gasteiger partial charge in [0.05, 0.1) is 0 Å². The summed E-state index contributed by atoms with van der Waals surface area (Å²) >= 11 is 0. The van der Waals surface area contributed by atoms with E-state index >= 15 is 0 Å². The van der Waals surface area contributed by atoms with Crippen LogP contribution in [0.15, 0.2) is 0 Å². The molecule has 0 saturated carbocycles. The van der Waals surface area contributed by atoms with Gasteiger partial charge < -0.3 is 15.7 Å². The average molecular weight is 286 g/mol. The Balaban J connectivity index is 3.84. The molecule has 0 aliphatic heterocycles. The first-order chi connectivity index (χ1) is 9.25. The van der Waals surface area contributed by atoms with E-state index in [0.717, 1.165) is 12.8 Å². The third kappa shape index (κ3) is 8.15. The highest BCUT2D eigenvalue weighted by atomic mass is 16.4. The zero-order valence-corrected chi connectivity index (χ0v) is 13.4. The summed E-state index contributed by atoms with van der Waals surface area (Å²) in [6, 6.07) is -0.344. The fraction of sp³-hybridized carbons (Fsp3) is 0.867. The third-order valence-corrected chi connectivity index (χ3v) is 3.46. The third-order valence-electron chi connectivity index (χ3n) is 3.46. The highest BCUT2D eigenvalue weighted by Gasteiger charge is 2.18. The summed E-state index contributed by atoms with van der Waals surface area (Å²) in [7, 11) is 0. The Hall–Kier alpha value is -1.10. The second-order valence-corrected chi connectivity index (χ2v) is 6.03. The van der Waals surface area contributed by atoms with Gasteiger partial charge in [-0.05, 0) is 25.2 Å². The van der Waals surface area contributed by atoms with Crippen LogP contribution in [-0.2, 0) is 9.59 Å². The Labute approximate surface area is 122 Å². The van der Waals surface area contributed by atoms with Crippen molar-refractivity contribution < 1.29 is 14.7 Å². The molecule has 2 atom stereocenters. The summed E-state index contributed by atoms with van der Waals surface area (Å²) in [5.74, 6) is -0.378. The van der Waals surface area contributed by atoms with Crippen LogP contribution in [0.3, 0.4) is 0 Å². The molecule has 0 heterocycles. The van der Waals surface area contributed by atoms with Crippen molar-refractivity contribution in [2.45, 2.75) is 66.0 Å². The number of rotatable bonds is 10. The topological polar surface area (TPSA) is 78.4 Å². The molecule has 0 aromatic heterocycles. The first-order valence-corrected chi connectivity index (χ1v) is 7.52. The predicted molar refractivity (Wildman–Crippen MR) is 80.6 cm³/mol.